The van der Waals surface area contributed by atoms with E-state index in [4.69, 9.17) is 0 Å². The molecule has 9 heteroatoms. The van der Waals surface area contributed by atoms with E-state index in [1.54, 1.807) is 23.7 Å². The largest absolute Gasteiger partial charge is 0.332 e. The fourth-order valence-electron chi connectivity index (χ4n) is 2.80. The molecule has 1 amide bonds. The van der Waals surface area contributed by atoms with Crippen LogP contribution in [0, 0.1) is 0 Å². The molecule has 0 spiro atoms. The molecule has 0 saturated carbocycles. The smallest absolute Gasteiger partial charge is 0.325 e. The summed E-state index contributed by atoms with van der Waals surface area (Å²) in [5, 5.41) is 3.30. The molecule has 2 heterocycles. The van der Waals surface area contributed by atoms with E-state index in [9.17, 15) is 14.4 Å². The van der Waals surface area contributed by atoms with E-state index >= 15 is 0 Å². The molecule has 1 aromatic carbocycles. The summed E-state index contributed by atoms with van der Waals surface area (Å²) in [5.74, 6) is -0.0743. The van der Waals surface area contributed by atoms with Crippen molar-refractivity contribution in [2.24, 2.45) is 14.1 Å². The Morgan fingerprint density at radius 3 is 2.50 bits per heavy atom. The average molecular weight is 399 g/mol. The maximum atomic E-state index is 12.7. The standard InChI is InChI=1S/C19H21N5O3S/c1-12(2)10-24-15-16(22(3)19(27)23(4)17(15)26)21-18(24)28-11-14(25)20-13-8-6-5-7-9-13/h5-9H,1,10-11H2,2-4H3,(H,20,25). The number of anilines is 1. The molecule has 8 nitrogen and oxygen atoms in total. The molecule has 0 radical (unpaired) electrons. The number of nitrogens with one attached hydrogen (secondary N) is 1. The minimum absolute atomic E-state index is 0.114. The van der Waals surface area contributed by atoms with Gasteiger partial charge in [0.1, 0.15) is 0 Å². The fourth-order valence-corrected chi connectivity index (χ4v) is 3.60. The maximum Gasteiger partial charge on any atom is 0.332 e. The zero-order valence-corrected chi connectivity index (χ0v) is 16.7. The van der Waals surface area contributed by atoms with Gasteiger partial charge in [-0.15, -0.1) is 0 Å². The molecule has 2 aromatic heterocycles. The van der Waals surface area contributed by atoms with Crippen molar-refractivity contribution >= 4 is 34.5 Å². The first-order valence-corrected chi connectivity index (χ1v) is 9.56. The third-order valence-corrected chi connectivity index (χ3v) is 5.11. The number of carbonyl (C=O) groups excluding carboxylic acids is 1. The number of hydrogen-bond acceptors (Lipinski definition) is 5. The maximum absolute atomic E-state index is 12.7. The molecule has 0 aliphatic heterocycles. The number of imidazole rings is 1. The number of fused-ring (bicyclic) bond motifs is 1. The number of para-hydroxylation sites is 1. The van der Waals surface area contributed by atoms with E-state index in [1.165, 1.54) is 23.4 Å². The van der Waals surface area contributed by atoms with Crippen molar-refractivity contribution in [3.63, 3.8) is 0 Å². The molecule has 3 aromatic rings. The third kappa shape index (κ3) is 3.79. The molecular formula is C19H21N5O3S. The minimum Gasteiger partial charge on any atom is -0.325 e. The van der Waals surface area contributed by atoms with Gasteiger partial charge in [-0.3, -0.25) is 18.7 Å². The predicted octanol–water partition coefficient (Wildman–Crippen LogP) is 1.74. The van der Waals surface area contributed by atoms with Crippen LogP contribution in [0.4, 0.5) is 5.69 Å². The Hall–Kier alpha value is -3.07. The van der Waals surface area contributed by atoms with Crippen LogP contribution < -0.4 is 16.6 Å². The van der Waals surface area contributed by atoms with Gasteiger partial charge < -0.3 is 9.88 Å². The zero-order chi connectivity index (χ0) is 20.4. The number of rotatable bonds is 6. The van der Waals surface area contributed by atoms with E-state index in [0.29, 0.717) is 28.6 Å². The van der Waals surface area contributed by atoms with Gasteiger partial charge in [0.2, 0.25) is 5.91 Å². The monoisotopic (exact) mass is 399 g/mol. The second-order valence-corrected chi connectivity index (χ2v) is 7.46. The quantitative estimate of drug-likeness (QED) is 0.504. The highest BCUT2D eigenvalue weighted by Crippen LogP contribution is 2.23. The minimum atomic E-state index is -0.448. The molecule has 0 aliphatic carbocycles. The molecule has 0 atom stereocenters. The number of allylic oxidation sites excluding steroid dienone is 1. The van der Waals surface area contributed by atoms with Gasteiger partial charge in [-0.05, 0) is 19.1 Å². The number of aryl methyl sites for hydroxylation is 1. The van der Waals surface area contributed by atoms with Crippen LogP contribution in [0.3, 0.4) is 0 Å². The van der Waals surface area contributed by atoms with Gasteiger partial charge >= 0.3 is 5.69 Å². The van der Waals surface area contributed by atoms with E-state index in [2.05, 4.69) is 16.9 Å². The van der Waals surface area contributed by atoms with Crippen molar-refractivity contribution in [3.8, 4) is 0 Å². The predicted molar refractivity (Wildman–Crippen MR) is 111 cm³/mol. The summed E-state index contributed by atoms with van der Waals surface area (Å²) in [6.45, 7) is 6.12. The summed E-state index contributed by atoms with van der Waals surface area (Å²) in [6, 6.07) is 9.16. The lowest BCUT2D eigenvalue weighted by molar-refractivity contribution is -0.113. The van der Waals surface area contributed by atoms with E-state index in [-0.39, 0.29) is 11.7 Å². The number of thioether (sulfide) groups is 1. The summed E-state index contributed by atoms with van der Waals surface area (Å²) >= 11 is 1.21. The van der Waals surface area contributed by atoms with Crippen molar-refractivity contribution in [2.75, 3.05) is 11.1 Å². The van der Waals surface area contributed by atoms with Gasteiger partial charge in [0, 0.05) is 26.3 Å². The fraction of sp³-hybridized carbons (Fsp3) is 0.263. The first-order valence-electron chi connectivity index (χ1n) is 8.58. The number of hydrogen-bond donors (Lipinski definition) is 1. The molecule has 0 fully saturated rings. The third-order valence-electron chi connectivity index (χ3n) is 4.13. The van der Waals surface area contributed by atoms with Gasteiger partial charge in [-0.2, -0.15) is 0 Å². The van der Waals surface area contributed by atoms with Crippen LogP contribution in [-0.4, -0.2) is 30.3 Å². The van der Waals surface area contributed by atoms with Crippen molar-refractivity contribution in [1.82, 2.24) is 18.7 Å². The van der Waals surface area contributed by atoms with Crippen LogP contribution in [0.1, 0.15) is 6.92 Å². The van der Waals surface area contributed by atoms with Gasteiger partial charge in [0.05, 0.1) is 5.75 Å². The number of benzene rings is 1. The average Bonchev–Trinajstić information content (AvgIpc) is 3.01. The highest BCUT2D eigenvalue weighted by atomic mass is 32.2. The second kappa shape index (κ2) is 7.89. The first-order chi connectivity index (χ1) is 13.3. The van der Waals surface area contributed by atoms with Crippen LogP contribution >= 0.6 is 11.8 Å². The van der Waals surface area contributed by atoms with Crippen molar-refractivity contribution in [2.45, 2.75) is 18.6 Å². The van der Waals surface area contributed by atoms with Crippen LogP contribution in [0.15, 0.2) is 57.2 Å². The lowest BCUT2D eigenvalue weighted by atomic mass is 10.3. The molecule has 146 valence electrons. The molecular weight excluding hydrogens is 378 g/mol. The molecule has 0 bridgehead atoms. The van der Waals surface area contributed by atoms with Crippen LogP contribution in [0.25, 0.3) is 11.2 Å². The normalized spacial score (nSPS) is 11.0. The van der Waals surface area contributed by atoms with E-state index < -0.39 is 11.2 Å². The Kier molecular flexibility index (Phi) is 5.55. The van der Waals surface area contributed by atoms with Crippen LogP contribution in [0.5, 0.6) is 0 Å². The van der Waals surface area contributed by atoms with Gasteiger partial charge in [-0.1, -0.05) is 42.1 Å². The molecule has 3 rings (SSSR count). The highest BCUT2D eigenvalue weighted by Gasteiger charge is 2.20. The Balaban J connectivity index is 1.96. The number of carbonyl (C=O) groups is 1. The van der Waals surface area contributed by atoms with E-state index in [1.807, 2.05) is 25.1 Å². The molecule has 0 saturated heterocycles. The first kappa shape index (κ1) is 19.7. The zero-order valence-electron chi connectivity index (χ0n) is 15.9. The van der Waals surface area contributed by atoms with Crippen LogP contribution in [0.2, 0.25) is 0 Å². The Morgan fingerprint density at radius 2 is 1.86 bits per heavy atom. The highest BCUT2D eigenvalue weighted by molar-refractivity contribution is 7.99. The van der Waals surface area contributed by atoms with E-state index in [0.717, 1.165) is 10.1 Å². The molecule has 0 aliphatic rings. The Bertz CT molecular complexity index is 1170. The number of nitrogens with zero attached hydrogens (tertiary/aromatic N) is 4. The lowest BCUT2D eigenvalue weighted by Crippen LogP contribution is -2.37. The molecule has 28 heavy (non-hydrogen) atoms. The summed E-state index contributed by atoms with van der Waals surface area (Å²) in [6.07, 6.45) is 0. The molecule has 1 N–H and O–H groups in total. The summed E-state index contributed by atoms with van der Waals surface area (Å²) < 4.78 is 4.09. The number of aromatic nitrogens is 4. The van der Waals surface area contributed by atoms with Gasteiger partial charge in [-0.25, -0.2) is 9.78 Å². The molecule has 0 unspecified atom stereocenters. The summed E-state index contributed by atoms with van der Waals surface area (Å²) in [5.41, 5.74) is 1.27. The van der Waals surface area contributed by atoms with Crippen molar-refractivity contribution < 1.29 is 4.79 Å². The Labute approximate surface area is 165 Å². The van der Waals surface area contributed by atoms with Gasteiger partial charge in [0.15, 0.2) is 16.3 Å². The van der Waals surface area contributed by atoms with Crippen LogP contribution in [-0.2, 0) is 25.4 Å². The SMILES string of the molecule is C=C(C)Cn1c(SCC(=O)Nc2ccccc2)nc2c1c(=O)n(C)c(=O)n2C. The Morgan fingerprint density at radius 1 is 1.18 bits per heavy atom. The lowest BCUT2D eigenvalue weighted by Gasteiger charge is -2.09. The topological polar surface area (TPSA) is 90.9 Å². The summed E-state index contributed by atoms with van der Waals surface area (Å²) in [4.78, 5) is 41.6. The summed E-state index contributed by atoms with van der Waals surface area (Å²) in [7, 11) is 3.00. The number of amides is 1. The van der Waals surface area contributed by atoms with Crippen molar-refractivity contribution in [1.29, 1.82) is 0 Å². The van der Waals surface area contributed by atoms with Gasteiger partial charge in [0.25, 0.3) is 5.56 Å². The van der Waals surface area contributed by atoms with Crippen molar-refractivity contribution in [3.05, 3.63) is 63.3 Å². The second-order valence-electron chi connectivity index (χ2n) is 6.52.